The van der Waals surface area contributed by atoms with Crippen molar-refractivity contribution in [2.24, 2.45) is 0 Å². The second kappa shape index (κ2) is 3.13. The summed E-state index contributed by atoms with van der Waals surface area (Å²) in [4.78, 5) is 24.1. The molecular formula is C2H3N3O8S. The van der Waals surface area contributed by atoms with Crippen LogP contribution in [0.2, 0.25) is 0 Å². The second-order valence-electron chi connectivity index (χ2n) is 2.12. The highest BCUT2D eigenvalue weighted by atomic mass is 32.2. The number of nitro groups is 3. The Morgan fingerprint density at radius 2 is 1.14 bits per heavy atom. The van der Waals surface area contributed by atoms with Crippen molar-refractivity contribution in [1.82, 2.24) is 0 Å². The normalized spacial score (nSPS) is 12.1. The largest absolute Gasteiger partial charge is 0.804 e. The van der Waals surface area contributed by atoms with Crippen molar-refractivity contribution in [2.75, 3.05) is 6.26 Å². The molecule has 0 aliphatic heterocycles. The Balaban J connectivity index is 6.07. The Morgan fingerprint density at radius 1 is 0.929 bits per heavy atom. The molecule has 0 saturated heterocycles. The summed E-state index contributed by atoms with van der Waals surface area (Å²) in [5.41, 5.74) is 0. The Morgan fingerprint density at radius 3 is 1.14 bits per heavy atom. The highest BCUT2D eigenvalue weighted by molar-refractivity contribution is 7.91. The summed E-state index contributed by atoms with van der Waals surface area (Å²) < 4.78 is 21.3. The molecule has 14 heavy (non-hydrogen) atoms. The molecular weight excluding hydrogens is 226 g/mol. The minimum absolute atomic E-state index is 0.0431. The van der Waals surface area contributed by atoms with Crippen molar-refractivity contribution in [3.05, 3.63) is 30.3 Å². The second-order valence-corrected chi connectivity index (χ2v) is 4.21. The van der Waals surface area contributed by atoms with Crippen molar-refractivity contribution in [3.63, 3.8) is 0 Å². The molecule has 0 aliphatic rings. The van der Waals surface area contributed by atoms with E-state index in [0.717, 1.165) is 0 Å². The average Bonchev–Trinajstić information content (AvgIpc) is 1.79. The first-order valence-corrected chi connectivity index (χ1v) is 4.60. The maximum atomic E-state index is 10.7. The van der Waals surface area contributed by atoms with Crippen LogP contribution in [0.5, 0.6) is 0 Å². The number of nitrogens with zero attached hydrogens (tertiary/aromatic N) is 3. The molecule has 11 nitrogen and oxygen atoms in total. The maximum Gasteiger partial charge on any atom is 0.804 e. The fourth-order valence-electron chi connectivity index (χ4n) is 0.606. The molecule has 0 N–H and O–H groups in total. The van der Waals surface area contributed by atoms with Crippen LogP contribution in [0, 0.1) is 30.3 Å². The Kier molecular flexibility index (Phi) is 2.72. The minimum Gasteiger partial charge on any atom is -0.252 e. The SMILES string of the molecule is CS(=O)(=O)C([N+](=O)[O-])([N+](=O)[O-])[N+](=O)[O-]. The summed E-state index contributed by atoms with van der Waals surface area (Å²) in [5, 5.41) is 25.9. The lowest BCUT2D eigenvalue weighted by Gasteiger charge is -2.05. The fraction of sp³-hybridized carbons (Fsp3) is 1.00. The van der Waals surface area contributed by atoms with Gasteiger partial charge in [-0.15, -0.1) is 0 Å². The molecule has 80 valence electrons. The summed E-state index contributed by atoms with van der Waals surface area (Å²) in [7, 11) is -5.12. The van der Waals surface area contributed by atoms with Crippen molar-refractivity contribution in [3.8, 4) is 0 Å². The molecule has 0 aromatic rings. The van der Waals surface area contributed by atoms with Gasteiger partial charge >= 0.3 is 15.0 Å². The number of hydrogen-bond donors (Lipinski definition) is 0. The molecule has 0 aliphatic carbocycles. The molecule has 0 spiro atoms. The van der Waals surface area contributed by atoms with Gasteiger partial charge in [-0.05, 0) is 0 Å². The van der Waals surface area contributed by atoms with Crippen LogP contribution in [0.25, 0.3) is 0 Å². The van der Waals surface area contributed by atoms with E-state index in [4.69, 9.17) is 0 Å². The van der Waals surface area contributed by atoms with E-state index in [-0.39, 0.29) is 6.26 Å². The van der Waals surface area contributed by atoms with Gasteiger partial charge in [-0.2, -0.15) is 0 Å². The first kappa shape index (κ1) is 12.2. The Labute approximate surface area is 75.7 Å². The van der Waals surface area contributed by atoms with Crippen LogP contribution in [-0.2, 0) is 9.84 Å². The Hall–Kier alpha value is -1.85. The van der Waals surface area contributed by atoms with E-state index >= 15 is 0 Å². The molecule has 0 bridgehead atoms. The van der Waals surface area contributed by atoms with Crippen LogP contribution in [0.15, 0.2) is 0 Å². The van der Waals surface area contributed by atoms with Gasteiger partial charge in [-0.3, -0.25) is 30.3 Å². The lowest BCUT2D eigenvalue weighted by molar-refractivity contribution is -0.936. The molecule has 0 unspecified atom stereocenters. The molecule has 0 rings (SSSR count). The smallest absolute Gasteiger partial charge is 0.252 e. The number of hydrogen-bond acceptors (Lipinski definition) is 8. The molecule has 0 aromatic heterocycles. The molecule has 0 fully saturated rings. The third-order valence-electron chi connectivity index (χ3n) is 1.21. The summed E-state index contributed by atoms with van der Waals surface area (Å²) in [5.74, 6) is 0. The molecule has 0 radical (unpaired) electrons. The lowest BCUT2D eigenvalue weighted by Crippen LogP contribution is -2.58. The standard InChI is InChI=1S/C2H3N3O8S/c1-14(12,13)2(3(6)7,4(8)9)5(10)11/h1H3. The number of sulfone groups is 1. The zero-order valence-electron chi connectivity index (χ0n) is 6.52. The minimum atomic E-state index is -5.12. The third-order valence-corrected chi connectivity index (χ3v) is 2.65. The summed E-state index contributed by atoms with van der Waals surface area (Å²) in [6, 6.07) is 0. The van der Waals surface area contributed by atoms with Crippen LogP contribution in [0.1, 0.15) is 0 Å². The summed E-state index contributed by atoms with van der Waals surface area (Å²) in [6.45, 7) is 0. The molecule has 12 heteroatoms. The van der Waals surface area contributed by atoms with Gasteiger partial charge in [0.2, 0.25) is 0 Å². The molecule has 0 aromatic carbocycles. The van der Waals surface area contributed by atoms with E-state index in [9.17, 15) is 38.8 Å². The lowest BCUT2D eigenvalue weighted by atomic mass is 10.9. The highest BCUT2D eigenvalue weighted by Crippen LogP contribution is 2.18. The summed E-state index contributed by atoms with van der Waals surface area (Å²) in [6.07, 6.45) is 0.0431. The predicted molar refractivity (Wildman–Crippen MR) is 38.6 cm³/mol. The van der Waals surface area contributed by atoms with Gasteiger partial charge in [0.25, 0.3) is 0 Å². The van der Waals surface area contributed by atoms with Crippen molar-refractivity contribution in [1.29, 1.82) is 0 Å². The van der Waals surface area contributed by atoms with E-state index in [1.165, 1.54) is 0 Å². The quantitative estimate of drug-likeness (QED) is 0.318. The Bertz CT molecular complexity index is 359. The van der Waals surface area contributed by atoms with Gasteiger partial charge in [0.1, 0.15) is 0 Å². The third kappa shape index (κ3) is 1.34. The maximum absolute atomic E-state index is 10.7. The van der Waals surface area contributed by atoms with E-state index < -0.39 is 29.7 Å². The van der Waals surface area contributed by atoms with Crippen molar-refractivity contribution < 1.29 is 23.2 Å². The van der Waals surface area contributed by atoms with Crippen LogP contribution in [-0.4, -0.2) is 34.6 Å². The van der Waals surface area contributed by atoms with Gasteiger partial charge in [0.15, 0.2) is 14.8 Å². The predicted octanol–water partition coefficient (Wildman–Crippen LogP) is -1.53. The van der Waals surface area contributed by atoms with E-state index in [1.54, 1.807) is 0 Å². The van der Waals surface area contributed by atoms with E-state index in [2.05, 4.69) is 0 Å². The highest BCUT2D eigenvalue weighted by Gasteiger charge is 2.80. The van der Waals surface area contributed by atoms with Crippen LogP contribution in [0.4, 0.5) is 0 Å². The van der Waals surface area contributed by atoms with Gasteiger partial charge < -0.3 is 0 Å². The van der Waals surface area contributed by atoms with Gasteiger partial charge in [-0.1, -0.05) is 0 Å². The summed E-state index contributed by atoms with van der Waals surface area (Å²) >= 11 is 0. The van der Waals surface area contributed by atoms with Crippen LogP contribution in [0.3, 0.4) is 0 Å². The monoisotopic (exact) mass is 229 g/mol. The van der Waals surface area contributed by atoms with Crippen LogP contribution < -0.4 is 0 Å². The van der Waals surface area contributed by atoms with Crippen molar-refractivity contribution in [2.45, 2.75) is 5.12 Å². The van der Waals surface area contributed by atoms with Crippen LogP contribution >= 0.6 is 0 Å². The zero-order chi connectivity index (χ0) is 11.7. The molecule has 0 saturated carbocycles. The molecule has 0 amide bonds. The topological polar surface area (TPSA) is 164 Å². The zero-order valence-corrected chi connectivity index (χ0v) is 7.33. The molecule has 0 atom stereocenters. The average molecular weight is 229 g/mol. The number of rotatable bonds is 4. The van der Waals surface area contributed by atoms with Gasteiger partial charge in [0.05, 0.1) is 6.26 Å². The van der Waals surface area contributed by atoms with Crippen molar-refractivity contribution >= 4 is 9.84 Å². The first-order valence-electron chi connectivity index (χ1n) is 2.71. The molecule has 0 heterocycles. The van der Waals surface area contributed by atoms with E-state index in [1.807, 2.05) is 0 Å². The van der Waals surface area contributed by atoms with E-state index in [0.29, 0.717) is 0 Å². The first-order chi connectivity index (χ1) is 6.08. The van der Waals surface area contributed by atoms with Gasteiger partial charge in [0, 0.05) is 0 Å². The van der Waals surface area contributed by atoms with Gasteiger partial charge in [-0.25, -0.2) is 8.42 Å². The fourth-order valence-corrected chi connectivity index (χ4v) is 1.42.